The lowest BCUT2D eigenvalue weighted by Gasteiger charge is -2.18. The third kappa shape index (κ3) is 10.5. The van der Waals surface area contributed by atoms with Crippen molar-refractivity contribution in [3.8, 4) is 0 Å². The maximum absolute atomic E-state index is 10.8. The van der Waals surface area contributed by atoms with Crippen LogP contribution in [0.3, 0.4) is 0 Å². The fraction of sp³-hybridized carbons (Fsp3) is 1.00. The summed E-state index contributed by atoms with van der Waals surface area (Å²) < 4.78 is 45.2. The first-order valence-corrected chi connectivity index (χ1v) is 8.16. The standard InChI is InChI=1S/C8H19NO5S2/c1-3-6-9(14-15(2)10)7-4-5-8-16(11,12)13/h3-8H2,1-2H3,(H,11,12,13). The van der Waals surface area contributed by atoms with Gasteiger partial charge in [0, 0.05) is 19.3 Å². The van der Waals surface area contributed by atoms with Gasteiger partial charge in [0.2, 0.25) is 0 Å². The quantitative estimate of drug-likeness (QED) is 0.376. The maximum Gasteiger partial charge on any atom is 0.264 e. The fourth-order valence-corrected chi connectivity index (χ4v) is 2.17. The van der Waals surface area contributed by atoms with Crippen LogP contribution in [0.4, 0.5) is 0 Å². The van der Waals surface area contributed by atoms with Gasteiger partial charge in [-0.25, -0.2) is 4.21 Å². The van der Waals surface area contributed by atoms with Gasteiger partial charge in [0.15, 0.2) is 11.1 Å². The second kappa shape index (κ2) is 8.13. The number of nitrogens with zero attached hydrogens (tertiary/aromatic N) is 1. The van der Waals surface area contributed by atoms with Crippen molar-refractivity contribution in [1.82, 2.24) is 5.06 Å². The summed E-state index contributed by atoms with van der Waals surface area (Å²) >= 11 is -1.36. The Bertz CT molecular complexity index is 304. The Morgan fingerprint density at radius 2 is 1.94 bits per heavy atom. The van der Waals surface area contributed by atoms with E-state index < -0.39 is 21.2 Å². The number of hydroxylamine groups is 2. The van der Waals surface area contributed by atoms with Crippen LogP contribution in [0.15, 0.2) is 0 Å². The monoisotopic (exact) mass is 273 g/mol. The van der Waals surface area contributed by atoms with Crippen LogP contribution in [0.25, 0.3) is 0 Å². The Kier molecular flexibility index (Phi) is 8.12. The van der Waals surface area contributed by atoms with Gasteiger partial charge < -0.3 is 0 Å². The van der Waals surface area contributed by atoms with Gasteiger partial charge >= 0.3 is 0 Å². The Morgan fingerprint density at radius 3 is 2.38 bits per heavy atom. The molecule has 0 saturated heterocycles. The van der Waals surface area contributed by atoms with Gasteiger partial charge in [-0.15, -0.1) is 0 Å². The van der Waals surface area contributed by atoms with Crippen LogP contribution < -0.4 is 0 Å². The van der Waals surface area contributed by atoms with Crippen LogP contribution in [0.1, 0.15) is 26.2 Å². The molecule has 0 heterocycles. The van der Waals surface area contributed by atoms with E-state index in [2.05, 4.69) is 0 Å². The maximum atomic E-state index is 10.8. The molecule has 1 atom stereocenters. The largest absolute Gasteiger partial charge is 0.286 e. The summed E-state index contributed by atoms with van der Waals surface area (Å²) in [4.78, 5) is 0. The molecule has 0 aliphatic carbocycles. The fourth-order valence-electron chi connectivity index (χ4n) is 1.16. The first kappa shape index (κ1) is 16.0. The first-order valence-electron chi connectivity index (χ1n) is 5.07. The van der Waals surface area contributed by atoms with Gasteiger partial charge in [-0.1, -0.05) is 6.92 Å². The van der Waals surface area contributed by atoms with Crippen molar-refractivity contribution in [3.05, 3.63) is 0 Å². The molecule has 0 amide bonds. The molecule has 0 fully saturated rings. The summed E-state index contributed by atoms with van der Waals surface area (Å²) in [6.07, 6.45) is 3.21. The molecule has 0 rings (SSSR count). The normalized spacial score (nSPS) is 14.2. The summed E-state index contributed by atoms with van der Waals surface area (Å²) in [6, 6.07) is 0. The molecule has 16 heavy (non-hydrogen) atoms. The second-order valence-corrected chi connectivity index (χ2v) is 5.92. The van der Waals surface area contributed by atoms with E-state index in [9.17, 15) is 12.6 Å². The number of rotatable bonds is 9. The summed E-state index contributed by atoms with van der Waals surface area (Å²) in [5, 5.41) is 1.56. The second-order valence-electron chi connectivity index (χ2n) is 3.40. The molecule has 0 aromatic rings. The molecule has 0 radical (unpaired) electrons. The van der Waals surface area contributed by atoms with Crippen molar-refractivity contribution in [2.45, 2.75) is 26.2 Å². The van der Waals surface area contributed by atoms with E-state index in [1.165, 1.54) is 6.26 Å². The van der Waals surface area contributed by atoms with Gasteiger partial charge in [0.25, 0.3) is 10.1 Å². The predicted molar refractivity (Wildman–Crippen MR) is 62.7 cm³/mol. The van der Waals surface area contributed by atoms with E-state index in [1.807, 2.05) is 6.92 Å². The van der Waals surface area contributed by atoms with Gasteiger partial charge in [-0.3, -0.25) is 4.55 Å². The third-order valence-electron chi connectivity index (χ3n) is 1.74. The van der Waals surface area contributed by atoms with Crippen LogP contribution in [-0.4, -0.2) is 47.3 Å². The average Bonchev–Trinajstić information content (AvgIpc) is 2.10. The molecule has 8 heteroatoms. The minimum absolute atomic E-state index is 0.248. The molecule has 98 valence electrons. The van der Waals surface area contributed by atoms with Crippen molar-refractivity contribution >= 4 is 21.2 Å². The lowest BCUT2D eigenvalue weighted by Crippen LogP contribution is -2.27. The zero-order valence-corrected chi connectivity index (χ0v) is 11.2. The van der Waals surface area contributed by atoms with Crippen molar-refractivity contribution in [1.29, 1.82) is 0 Å². The van der Waals surface area contributed by atoms with E-state index >= 15 is 0 Å². The van der Waals surface area contributed by atoms with Gasteiger partial charge in [0.05, 0.1) is 5.75 Å². The highest BCUT2D eigenvalue weighted by molar-refractivity contribution is 7.85. The highest BCUT2D eigenvalue weighted by Gasteiger charge is 2.08. The van der Waals surface area contributed by atoms with Crippen molar-refractivity contribution in [3.63, 3.8) is 0 Å². The summed E-state index contributed by atoms with van der Waals surface area (Å²) in [5.74, 6) is -0.248. The molecule has 0 aliphatic rings. The topological polar surface area (TPSA) is 83.9 Å². The van der Waals surface area contributed by atoms with Crippen LogP contribution in [-0.2, 0) is 25.5 Å². The van der Waals surface area contributed by atoms with Crippen LogP contribution >= 0.6 is 0 Å². The Balaban J connectivity index is 3.80. The molecule has 6 nitrogen and oxygen atoms in total. The van der Waals surface area contributed by atoms with Gasteiger partial charge in [-0.2, -0.15) is 17.8 Å². The summed E-state index contributed by atoms with van der Waals surface area (Å²) in [6.45, 7) is 3.11. The Morgan fingerprint density at radius 1 is 1.31 bits per heavy atom. The number of hydrogen-bond donors (Lipinski definition) is 1. The van der Waals surface area contributed by atoms with Crippen molar-refractivity contribution < 1.29 is 21.5 Å². The predicted octanol–water partition coefficient (Wildman–Crippen LogP) is 0.592. The Hall–Kier alpha value is -0.0200. The molecule has 1 unspecified atom stereocenters. The smallest absolute Gasteiger partial charge is 0.264 e. The summed E-state index contributed by atoms with van der Waals surface area (Å²) in [7, 11) is -3.88. The minimum Gasteiger partial charge on any atom is -0.286 e. The van der Waals surface area contributed by atoms with Crippen molar-refractivity contribution in [2.24, 2.45) is 0 Å². The molecule has 1 N–H and O–H groups in total. The van der Waals surface area contributed by atoms with E-state index in [0.717, 1.165) is 6.42 Å². The SMILES string of the molecule is CCCN(CCCCS(=O)(=O)O)OS(C)=O. The minimum atomic E-state index is -3.88. The van der Waals surface area contributed by atoms with Crippen LogP contribution in [0.5, 0.6) is 0 Å². The highest BCUT2D eigenvalue weighted by atomic mass is 32.2. The molecule has 0 saturated carbocycles. The van der Waals surface area contributed by atoms with Gasteiger partial charge in [0.1, 0.15) is 0 Å². The molecular formula is C8H19NO5S2. The lowest BCUT2D eigenvalue weighted by molar-refractivity contribution is -0.0447. The molecule has 0 bridgehead atoms. The number of unbranched alkanes of at least 4 members (excludes halogenated alkanes) is 1. The van der Waals surface area contributed by atoms with E-state index in [0.29, 0.717) is 25.9 Å². The Labute approximate surface area is 99.3 Å². The molecular weight excluding hydrogens is 254 g/mol. The number of hydrogen-bond acceptors (Lipinski definition) is 5. The van der Waals surface area contributed by atoms with Crippen LogP contribution in [0.2, 0.25) is 0 Å². The average molecular weight is 273 g/mol. The van der Waals surface area contributed by atoms with E-state index in [4.69, 9.17) is 8.84 Å². The molecule has 0 spiro atoms. The molecule has 0 aromatic carbocycles. The van der Waals surface area contributed by atoms with E-state index in [1.54, 1.807) is 5.06 Å². The zero-order valence-electron chi connectivity index (χ0n) is 9.59. The first-order chi connectivity index (χ1) is 7.35. The van der Waals surface area contributed by atoms with Gasteiger partial charge in [-0.05, 0) is 19.3 Å². The zero-order chi connectivity index (χ0) is 12.6. The van der Waals surface area contributed by atoms with Crippen LogP contribution in [0, 0.1) is 0 Å². The molecule has 0 aromatic heterocycles. The van der Waals surface area contributed by atoms with E-state index in [-0.39, 0.29) is 5.75 Å². The summed E-state index contributed by atoms with van der Waals surface area (Å²) in [5.41, 5.74) is 0. The third-order valence-corrected chi connectivity index (χ3v) is 2.97. The lowest BCUT2D eigenvalue weighted by atomic mass is 10.3. The van der Waals surface area contributed by atoms with Crippen molar-refractivity contribution in [2.75, 3.05) is 25.1 Å². The molecule has 0 aliphatic heterocycles. The highest BCUT2D eigenvalue weighted by Crippen LogP contribution is 2.01.